The van der Waals surface area contributed by atoms with E-state index < -0.39 is 0 Å². The van der Waals surface area contributed by atoms with Crippen LogP contribution < -0.4 is 16.4 Å². The van der Waals surface area contributed by atoms with E-state index in [4.69, 9.17) is 5.73 Å². The third kappa shape index (κ3) is 5.22. The maximum Gasteiger partial charge on any atom is 0.243 e. The molecule has 1 aromatic heterocycles. The first-order valence-corrected chi connectivity index (χ1v) is 8.60. The summed E-state index contributed by atoms with van der Waals surface area (Å²) in [5, 5.41) is 13.2. The van der Waals surface area contributed by atoms with Crippen LogP contribution in [0.5, 0.6) is 0 Å². The Balaban J connectivity index is 1.76. The second kappa shape index (κ2) is 7.93. The van der Waals surface area contributed by atoms with Crippen LogP contribution in [0.3, 0.4) is 0 Å². The maximum atomic E-state index is 11.9. The van der Waals surface area contributed by atoms with Crippen LogP contribution in [-0.2, 0) is 9.59 Å². The normalized spacial score (nSPS) is 10.3. The van der Waals surface area contributed by atoms with Gasteiger partial charge in [-0.15, -0.1) is 10.2 Å². The number of thioether (sulfide) groups is 1. The van der Waals surface area contributed by atoms with Crippen LogP contribution in [-0.4, -0.2) is 34.3 Å². The maximum absolute atomic E-state index is 11.9. The lowest BCUT2D eigenvalue weighted by Crippen LogP contribution is -2.34. The molecule has 0 aliphatic carbocycles. The van der Waals surface area contributed by atoms with Crippen molar-refractivity contribution < 1.29 is 9.59 Å². The predicted molar refractivity (Wildman–Crippen MR) is 92.6 cm³/mol. The average Bonchev–Trinajstić information content (AvgIpc) is 2.92. The molecule has 0 radical (unpaired) electrons. The number of aromatic nitrogens is 2. The molecule has 0 spiro atoms. The zero-order valence-corrected chi connectivity index (χ0v) is 14.4. The Kier molecular flexibility index (Phi) is 5.94. The van der Waals surface area contributed by atoms with E-state index in [1.807, 2.05) is 32.0 Å². The van der Waals surface area contributed by atoms with Gasteiger partial charge in [0.25, 0.3) is 0 Å². The molecule has 2 rings (SSSR count). The zero-order chi connectivity index (χ0) is 16.8. The van der Waals surface area contributed by atoms with Crippen molar-refractivity contribution in [3.63, 3.8) is 0 Å². The van der Waals surface area contributed by atoms with Gasteiger partial charge >= 0.3 is 0 Å². The highest BCUT2D eigenvalue weighted by Crippen LogP contribution is 2.23. The summed E-state index contributed by atoms with van der Waals surface area (Å²) >= 11 is 2.45. The molecule has 0 bridgehead atoms. The molecule has 122 valence electrons. The number of aryl methyl sites for hydroxylation is 2. The highest BCUT2D eigenvalue weighted by Gasteiger charge is 2.10. The standard InChI is InChI=1S/C14H17N5O2S2/c1-8-4-3-5-9(2)12(8)17-10(20)6-16-11(21)7-22-14-19-18-13(15)23-14/h3-5H,6-7H2,1-2H3,(H2,15,18)(H,16,21)(H,17,20). The van der Waals surface area contributed by atoms with Crippen molar-refractivity contribution in [3.8, 4) is 0 Å². The molecule has 23 heavy (non-hydrogen) atoms. The van der Waals surface area contributed by atoms with Crippen LogP contribution in [0.15, 0.2) is 22.5 Å². The van der Waals surface area contributed by atoms with Crippen LogP contribution in [0.2, 0.25) is 0 Å². The summed E-state index contributed by atoms with van der Waals surface area (Å²) in [6, 6.07) is 5.77. The molecular weight excluding hydrogens is 334 g/mol. The van der Waals surface area contributed by atoms with E-state index in [-0.39, 0.29) is 24.1 Å². The number of nitrogen functional groups attached to an aromatic ring is 1. The second-order valence-electron chi connectivity index (χ2n) is 4.79. The number of hydrogen-bond acceptors (Lipinski definition) is 7. The van der Waals surface area contributed by atoms with Crippen LogP contribution in [0.4, 0.5) is 10.8 Å². The fourth-order valence-corrected chi connectivity index (χ4v) is 3.30. The highest BCUT2D eigenvalue weighted by atomic mass is 32.2. The van der Waals surface area contributed by atoms with E-state index in [0.717, 1.165) is 16.8 Å². The van der Waals surface area contributed by atoms with E-state index >= 15 is 0 Å². The van der Waals surface area contributed by atoms with Gasteiger partial charge in [0.1, 0.15) is 0 Å². The van der Waals surface area contributed by atoms with Gasteiger partial charge in [0, 0.05) is 5.69 Å². The fourth-order valence-electron chi connectivity index (χ4n) is 1.83. The van der Waals surface area contributed by atoms with Gasteiger partial charge in [-0.05, 0) is 25.0 Å². The quantitative estimate of drug-likeness (QED) is 0.682. The van der Waals surface area contributed by atoms with Crippen molar-refractivity contribution in [2.75, 3.05) is 23.3 Å². The molecule has 0 saturated carbocycles. The molecule has 0 aliphatic rings. The number of anilines is 2. The summed E-state index contributed by atoms with van der Waals surface area (Å²) in [5.74, 6) is -0.355. The molecule has 1 aromatic carbocycles. The molecule has 2 amide bonds. The lowest BCUT2D eigenvalue weighted by atomic mass is 10.1. The van der Waals surface area contributed by atoms with Crippen molar-refractivity contribution in [3.05, 3.63) is 29.3 Å². The summed E-state index contributed by atoms with van der Waals surface area (Å²) in [5.41, 5.74) is 8.20. The Morgan fingerprint density at radius 3 is 2.52 bits per heavy atom. The van der Waals surface area contributed by atoms with Crippen molar-refractivity contribution >= 4 is 45.7 Å². The summed E-state index contributed by atoms with van der Waals surface area (Å²) in [4.78, 5) is 23.7. The number of benzene rings is 1. The van der Waals surface area contributed by atoms with Crippen molar-refractivity contribution in [2.45, 2.75) is 18.2 Å². The molecule has 7 nitrogen and oxygen atoms in total. The summed E-state index contributed by atoms with van der Waals surface area (Å²) in [7, 11) is 0. The number of carbonyl (C=O) groups excluding carboxylic acids is 2. The molecule has 1 heterocycles. The minimum atomic E-state index is -0.263. The number of nitrogens with two attached hydrogens (primary N) is 1. The number of para-hydroxylation sites is 1. The largest absolute Gasteiger partial charge is 0.374 e. The molecule has 0 atom stereocenters. The minimum absolute atomic E-state index is 0.0780. The first-order chi connectivity index (χ1) is 11.0. The van der Waals surface area contributed by atoms with Crippen molar-refractivity contribution in [1.29, 1.82) is 0 Å². The number of carbonyl (C=O) groups is 2. The monoisotopic (exact) mass is 351 g/mol. The van der Waals surface area contributed by atoms with Gasteiger partial charge in [-0.3, -0.25) is 9.59 Å². The minimum Gasteiger partial charge on any atom is -0.374 e. The summed E-state index contributed by atoms with van der Waals surface area (Å²) in [6.07, 6.45) is 0. The summed E-state index contributed by atoms with van der Waals surface area (Å²) < 4.78 is 0.623. The first-order valence-electron chi connectivity index (χ1n) is 6.80. The van der Waals surface area contributed by atoms with Gasteiger partial charge in [0.15, 0.2) is 4.34 Å². The molecule has 0 aliphatic heterocycles. The fraction of sp³-hybridized carbons (Fsp3) is 0.286. The van der Waals surface area contributed by atoms with Gasteiger partial charge in [0.2, 0.25) is 16.9 Å². The van der Waals surface area contributed by atoms with Crippen LogP contribution in [0.1, 0.15) is 11.1 Å². The molecule has 0 unspecified atom stereocenters. The highest BCUT2D eigenvalue weighted by molar-refractivity contribution is 8.01. The second-order valence-corrected chi connectivity index (χ2v) is 7.02. The number of rotatable bonds is 6. The van der Waals surface area contributed by atoms with Crippen molar-refractivity contribution in [2.24, 2.45) is 0 Å². The number of hydrogen-bond donors (Lipinski definition) is 3. The zero-order valence-electron chi connectivity index (χ0n) is 12.8. The molecule has 0 fully saturated rings. The first kappa shape index (κ1) is 17.2. The average molecular weight is 351 g/mol. The van der Waals surface area contributed by atoms with Crippen LogP contribution in [0.25, 0.3) is 0 Å². The lowest BCUT2D eigenvalue weighted by Gasteiger charge is -2.11. The molecule has 0 saturated heterocycles. The Hall–Kier alpha value is -2.13. The van der Waals surface area contributed by atoms with Crippen LogP contribution >= 0.6 is 23.1 Å². The molecular formula is C14H17N5O2S2. The topological polar surface area (TPSA) is 110 Å². The van der Waals surface area contributed by atoms with Gasteiger partial charge in [-0.25, -0.2) is 0 Å². The number of nitrogens with one attached hydrogen (secondary N) is 2. The van der Waals surface area contributed by atoms with E-state index in [1.165, 1.54) is 23.1 Å². The molecule has 9 heteroatoms. The van der Waals surface area contributed by atoms with E-state index in [0.29, 0.717) is 9.47 Å². The van der Waals surface area contributed by atoms with Gasteiger partial charge in [0.05, 0.1) is 12.3 Å². The molecule has 2 aromatic rings. The van der Waals surface area contributed by atoms with Crippen molar-refractivity contribution in [1.82, 2.24) is 15.5 Å². The van der Waals surface area contributed by atoms with E-state index in [1.54, 1.807) is 0 Å². The number of nitrogens with zero attached hydrogens (tertiary/aromatic N) is 2. The third-order valence-corrected chi connectivity index (χ3v) is 4.83. The smallest absolute Gasteiger partial charge is 0.243 e. The SMILES string of the molecule is Cc1cccc(C)c1NC(=O)CNC(=O)CSc1nnc(N)s1. The van der Waals surface area contributed by atoms with E-state index in [9.17, 15) is 9.59 Å². The van der Waals surface area contributed by atoms with Gasteiger partial charge < -0.3 is 16.4 Å². The van der Waals surface area contributed by atoms with Gasteiger partial charge in [-0.2, -0.15) is 0 Å². The Morgan fingerprint density at radius 2 is 1.91 bits per heavy atom. The Labute approximate surface area is 142 Å². The number of amides is 2. The van der Waals surface area contributed by atoms with E-state index in [2.05, 4.69) is 20.8 Å². The lowest BCUT2D eigenvalue weighted by molar-refractivity contribution is -0.122. The Bertz CT molecular complexity index is 697. The molecule has 4 N–H and O–H groups in total. The third-order valence-electron chi connectivity index (χ3n) is 2.94. The Morgan fingerprint density at radius 1 is 1.22 bits per heavy atom. The van der Waals surface area contributed by atoms with Gasteiger partial charge in [-0.1, -0.05) is 41.3 Å². The summed E-state index contributed by atoms with van der Waals surface area (Å²) in [6.45, 7) is 3.77. The predicted octanol–water partition coefficient (Wildman–Crippen LogP) is 1.58. The van der Waals surface area contributed by atoms with Crippen LogP contribution in [0, 0.1) is 13.8 Å².